The summed E-state index contributed by atoms with van der Waals surface area (Å²) in [5.41, 5.74) is 0.807. The maximum atomic E-state index is 12.7. The minimum absolute atomic E-state index is 0.0945. The number of hydrogen-bond donors (Lipinski definition) is 1. The first-order chi connectivity index (χ1) is 10.7. The Morgan fingerprint density at radius 2 is 1.91 bits per heavy atom. The van der Waals surface area contributed by atoms with Gasteiger partial charge < -0.3 is 10.1 Å². The predicted octanol–water partition coefficient (Wildman–Crippen LogP) is 3.82. The number of carbonyl (C=O) groups is 1. The summed E-state index contributed by atoms with van der Waals surface area (Å²) >= 11 is 6.00. The Bertz CT molecular complexity index is 547. The highest BCUT2D eigenvalue weighted by molar-refractivity contribution is 6.30. The third-order valence-electron chi connectivity index (χ3n) is 4.75. The van der Waals surface area contributed by atoms with Crippen LogP contribution in [0.5, 0.6) is 0 Å². The second kappa shape index (κ2) is 6.84. The zero-order valence-electron chi connectivity index (χ0n) is 12.7. The largest absolute Gasteiger partial charge is 0.381 e. The fourth-order valence-corrected chi connectivity index (χ4v) is 3.47. The molecule has 1 atom stereocenters. The maximum absolute atomic E-state index is 12.7. The number of amides is 1. The van der Waals surface area contributed by atoms with E-state index in [4.69, 9.17) is 16.3 Å². The fraction of sp³-hybridized carbons (Fsp3) is 0.500. The Labute approximate surface area is 136 Å². The van der Waals surface area contributed by atoms with Gasteiger partial charge in [0, 0.05) is 24.2 Å². The minimum Gasteiger partial charge on any atom is -0.381 e. The molecule has 3 rings (SSSR count). The SMILES string of the molecule is O=C(NC1(c2ccc(Cl)cc2)CCOCC1)[C@@H]1CC=CCC1. The first-order valence-electron chi connectivity index (χ1n) is 8.00. The molecule has 118 valence electrons. The molecule has 2 aliphatic rings. The second-order valence-electron chi connectivity index (χ2n) is 6.17. The third kappa shape index (κ3) is 3.36. The molecule has 0 radical (unpaired) electrons. The third-order valence-corrected chi connectivity index (χ3v) is 5.00. The number of benzene rings is 1. The van der Waals surface area contributed by atoms with Crippen molar-refractivity contribution in [2.24, 2.45) is 5.92 Å². The van der Waals surface area contributed by atoms with Gasteiger partial charge in [-0.15, -0.1) is 0 Å². The van der Waals surface area contributed by atoms with Gasteiger partial charge in [0.25, 0.3) is 0 Å². The Balaban J connectivity index is 1.81. The molecular weight excluding hydrogens is 298 g/mol. The van der Waals surface area contributed by atoms with E-state index in [0.29, 0.717) is 13.2 Å². The molecular formula is C18H22ClNO2. The van der Waals surface area contributed by atoms with Crippen molar-refractivity contribution in [3.63, 3.8) is 0 Å². The van der Waals surface area contributed by atoms with Crippen LogP contribution in [0.2, 0.25) is 5.02 Å². The Morgan fingerprint density at radius 3 is 2.55 bits per heavy atom. The van der Waals surface area contributed by atoms with Gasteiger partial charge in [-0.1, -0.05) is 35.9 Å². The first kappa shape index (κ1) is 15.6. The van der Waals surface area contributed by atoms with Gasteiger partial charge in [-0.3, -0.25) is 4.79 Å². The average molecular weight is 320 g/mol. The molecule has 0 aromatic heterocycles. The van der Waals surface area contributed by atoms with E-state index < -0.39 is 0 Å². The molecule has 22 heavy (non-hydrogen) atoms. The minimum atomic E-state index is -0.318. The lowest BCUT2D eigenvalue weighted by atomic mass is 9.81. The van der Waals surface area contributed by atoms with Gasteiger partial charge in [-0.05, 0) is 49.8 Å². The Kier molecular flexibility index (Phi) is 4.84. The molecule has 0 saturated carbocycles. The van der Waals surface area contributed by atoms with Gasteiger partial charge >= 0.3 is 0 Å². The van der Waals surface area contributed by atoms with E-state index in [1.807, 2.05) is 24.3 Å². The van der Waals surface area contributed by atoms with Crippen LogP contribution in [-0.4, -0.2) is 19.1 Å². The monoisotopic (exact) mass is 319 g/mol. The van der Waals surface area contributed by atoms with Gasteiger partial charge in [-0.2, -0.15) is 0 Å². The smallest absolute Gasteiger partial charge is 0.224 e. The quantitative estimate of drug-likeness (QED) is 0.860. The molecule has 0 unspecified atom stereocenters. The summed E-state index contributed by atoms with van der Waals surface area (Å²) in [6.07, 6.45) is 8.68. The number of rotatable bonds is 3. The summed E-state index contributed by atoms with van der Waals surface area (Å²) in [6.45, 7) is 1.35. The van der Waals surface area contributed by atoms with E-state index in [-0.39, 0.29) is 17.4 Å². The molecule has 1 aromatic rings. The molecule has 0 spiro atoms. The highest BCUT2D eigenvalue weighted by atomic mass is 35.5. The highest BCUT2D eigenvalue weighted by Gasteiger charge is 2.37. The van der Waals surface area contributed by atoms with Crippen molar-refractivity contribution >= 4 is 17.5 Å². The predicted molar refractivity (Wildman–Crippen MR) is 87.8 cm³/mol. The van der Waals surface area contributed by atoms with E-state index in [1.165, 1.54) is 0 Å². The van der Waals surface area contributed by atoms with Crippen molar-refractivity contribution in [1.82, 2.24) is 5.32 Å². The molecule has 0 bridgehead atoms. The second-order valence-corrected chi connectivity index (χ2v) is 6.61. The molecule has 1 amide bonds. The summed E-state index contributed by atoms with van der Waals surface area (Å²) in [4.78, 5) is 12.7. The van der Waals surface area contributed by atoms with Crippen LogP contribution >= 0.6 is 11.6 Å². The molecule has 1 saturated heterocycles. The van der Waals surface area contributed by atoms with Crippen LogP contribution in [0.1, 0.15) is 37.7 Å². The van der Waals surface area contributed by atoms with E-state index in [9.17, 15) is 4.79 Å². The van der Waals surface area contributed by atoms with Crippen LogP contribution in [-0.2, 0) is 15.1 Å². The molecule has 1 N–H and O–H groups in total. The summed E-state index contributed by atoms with van der Waals surface area (Å²) in [5, 5.41) is 4.06. The van der Waals surface area contributed by atoms with Gasteiger partial charge in [0.2, 0.25) is 5.91 Å². The van der Waals surface area contributed by atoms with Crippen LogP contribution in [0.4, 0.5) is 0 Å². The summed E-state index contributed by atoms with van der Waals surface area (Å²) < 4.78 is 5.51. The summed E-state index contributed by atoms with van der Waals surface area (Å²) in [7, 11) is 0. The number of allylic oxidation sites excluding steroid dienone is 2. The van der Waals surface area contributed by atoms with Gasteiger partial charge in [0.05, 0.1) is 5.54 Å². The Hall–Kier alpha value is -1.32. The topological polar surface area (TPSA) is 38.3 Å². The van der Waals surface area contributed by atoms with Crippen LogP contribution in [0.25, 0.3) is 0 Å². The van der Waals surface area contributed by atoms with Gasteiger partial charge in [-0.25, -0.2) is 0 Å². The molecule has 1 aliphatic heterocycles. The normalized spacial score (nSPS) is 24.0. The number of halogens is 1. The van der Waals surface area contributed by atoms with E-state index >= 15 is 0 Å². The lowest BCUT2D eigenvalue weighted by molar-refractivity contribution is -0.128. The zero-order chi connectivity index (χ0) is 15.4. The van der Waals surface area contributed by atoms with Gasteiger partial charge in [0.1, 0.15) is 0 Å². The number of carbonyl (C=O) groups excluding carboxylic acids is 1. The van der Waals surface area contributed by atoms with Crippen molar-refractivity contribution in [3.8, 4) is 0 Å². The van der Waals surface area contributed by atoms with E-state index in [2.05, 4.69) is 17.5 Å². The summed E-state index contributed by atoms with van der Waals surface area (Å²) in [5.74, 6) is 0.262. The zero-order valence-corrected chi connectivity index (χ0v) is 13.4. The molecule has 4 heteroatoms. The highest BCUT2D eigenvalue weighted by Crippen LogP contribution is 2.34. The lowest BCUT2D eigenvalue weighted by Gasteiger charge is -2.39. The van der Waals surface area contributed by atoms with Crippen LogP contribution < -0.4 is 5.32 Å². The molecule has 1 aromatic carbocycles. The molecule has 1 heterocycles. The van der Waals surface area contributed by atoms with Crippen LogP contribution in [0, 0.1) is 5.92 Å². The standard InChI is InChI=1S/C18H22ClNO2/c19-16-8-6-15(7-9-16)18(10-12-22-13-11-18)20-17(21)14-4-2-1-3-5-14/h1-2,6-9,14H,3-5,10-13H2,(H,20,21)/t14-/m1/s1. The van der Waals surface area contributed by atoms with Crippen LogP contribution in [0.3, 0.4) is 0 Å². The number of hydrogen-bond acceptors (Lipinski definition) is 2. The van der Waals surface area contributed by atoms with Crippen LogP contribution in [0.15, 0.2) is 36.4 Å². The molecule has 3 nitrogen and oxygen atoms in total. The fourth-order valence-electron chi connectivity index (χ4n) is 3.34. The molecule has 1 fully saturated rings. The Morgan fingerprint density at radius 1 is 1.18 bits per heavy atom. The first-order valence-corrected chi connectivity index (χ1v) is 8.38. The van der Waals surface area contributed by atoms with Crippen molar-refractivity contribution in [1.29, 1.82) is 0 Å². The van der Waals surface area contributed by atoms with Crippen molar-refractivity contribution in [3.05, 3.63) is 47.0 Å². The lowest BCUT2D eigenvalue weighted by Crippen LogP contribution is -2.51. The maximum Gasteiger partial charge on any atom is 0.224 e. The number of nitrogens with one attached hydrogen (secondary N) is 1. The number of ether oxygens (including phenoxy) is 1. The van der Waals surface area contributed by atoms with Crippen molar-refractivity contribution in [2.75, 3.05) is 13.2 Å². The molecule has 1 aliphatic carbocycles. The van der Waals surface area contributed by atoms with Crippen molar-refractivity contribution in [2.45, 2.75) is 37.6 Å². The van der Waals surface area contributed by atoms with Gasteiger partial charge in [0.15, 0.2) is 0 Å². The van der Waals surface area contributed by atoms with Crippen molar-refractivity contribution < 1.29 is 9.53 Å². The van der Waals surface area contributed by atoms with E-state index in [1.54, 1.807) is 0 Å². The summed E-state index contributed by atoms with van der Waals surface area (Å²) in [6, 6.07) is 7.83. The van der Waals surface area contributed by atoms with E-state index in [0.717, 1.165) is 42.7 Å². The average Bonchev–Trinajstić information content (AvgIpc) is 2.57.